The Morgan fingerprint density at radius 3 is 3.00 bits per heavy atom. The molecule has 3 atom stereocenters. The number of pyridine rings is 1. The fourth-order valence-electron chi connectivity index (χ4n) is 7.71. The largest absolute Gasteiger partial charge is 0.461 e. The Balaban J connectivity index is 1.31. The number of halogens is 3. The van der Waals surface area contributed by atoms with E-state index in [-0.39, 0.29) is 37.0 Å². The second-order valence-electron chi connectivity index (χ2n) is 13.3. The third-order valence-electron chi connectivity index (χ3n) is 9.86. The third-order valence-corrected chi connectivity index (χ3v) is 10.2. The van der Waals surface area contributed by atoms with Crippen molar-refractivity contribution in [2.45, 2.75) is 56.3 Å². The van der Waals surface area contributed by atoms with E-state index < -0.39 is 29.2 Å². The first-order valence-electron chi connectivity index (χ1n) is 16.0. The zero-order valence-corrected chi connectivity index (χ0v) is 26.7. The highest BCUT2D eigenvalue weighted by atomic mass is 35.5. The molecule has 4 aromatic rings. The molecule has 15 heteroatoms. The van der Waals surface area contributed by atoms with Gasteiger partial charge in [-0.05, 0) is 50.8 Å². The predicted molar refractivity (Wildman–Crippen MR) is 170 cm³/mol. The van der Waals surface area contributed by atoms with Crippen LogP contribution >= 0.6 is 11.6 Å². The summed E-state index contributed by atoms with van der Waals surface area (Å²) in [5.41, 5.74) is 0.377. The van der Waals surface area contributed by atoms with Crippen molar-refractivity contribution in [3.63, 3.8) is 0 Å². The molecule has 5 aliphatic heterocycles. The van der Waals surface area contributed by atoms with Gasteiger partial charge in [-0.15, -0.1) is 0 Å². The number of nitrogens with zero attached hydrogens (tertiary/aromatic N) is 6. The van der Waals surface area contributed by atoms with Crippen molar-refractivity contribution >= 4 is 45.3 Å². The number of ether oxygens (including phenoxy) is 3. The number of H-pyrrole nitrogens is 1. The fourth-order valence-corrected chi connectivity index (χ4v) is 8.01. The number of amides is 1. The quantitative estimate of drug-likeness (QED) is 0.320. The Morgan fingerprint density at radius 2 is 2.11 bits per heavy atom. The molecule has 3 fully saturated rings. The van der Waals surface area contributed by atoms with Gasteiger partial charge in [-0.3, -0.25) is 15.0 Å². The second kappa shape index (κ2) is 11.7. The molecule has 0 spiro atoms. The van der Waals surface area contributed by atoms with E-state index in [0.29, 0.717) is 83.8 Å². The average molecular weight is 669 g/mol. The number of alkyl carbamates (subject to hydrolysis) is 1. The molecule has 1 aromatic carbocycles. The molecule has 5 aliphatic rings. The van der Waals surface area contributed by atoms with Gasteiger partial charge in [0.05, 0.1) is 42.4 Å². The topological polar surface area (TPSA) is 131 Å². The van der Waals surface area contributed by atoms with Crippen LogP contribution in [0.1, 0.15) is 38.2 Å². The van der Waals surface area contributed by atoms with Crippen molar-refractivity contribution in [3.05, 3.63) is 34.9 Å². The van der Waals surface area contributed by atoms with Gasteiger partial charge in [-0.25, -0.2) is 13.6 Å². The van der Waals surface area contributed by atoms with Gasteiger partial charge < -0.3 is 24.4 Å². The number of rotatable bonds is 3. The van der Waals surface area contributed by atoms with Gasteiger partial charge in [-0.1, -0.05) is 11.6 Å². The third kappa shape index (κ3) is 5.39. The lowest BCUT2D eigenvalue weighted by Gasteiger charge is -2.33. The molecule has 0 unspecified atom stereocenters. The molecule has 8 heterocycles. The molecule has 9 rings (SSSR count). The summed E-state index contributed by atoms with van der Waals surface area (Å²) in [6.07, 6.45) is 4.73. The lowest BCUT2D eigenvalue weighted by atomic mass is 9.95. The highest BCUT2D eigenvalue weighted by Gasteiger charge is 2.49. The van der Waals surface area contributed by atoms with E-state index in [1.165, 1.54) is 0 Å². The van der Waals surface area contributed by atoms with Crippen LogP contribution in [0.2, 0.25) is 5.02 Å². The molecule has 248 valence electrons. The van der Waals surface area contributed by atoms with Crippen molar-refractivity contribution in [3.8, 4) is 17.3 Å². The van der Waals surface area contributed by atoms with Crippen LogP contribution in [-0.2, 0) is 15.9 Å². The van der Waals surface area contributed by atoms with E-state index in [0.717, 1.165) is 19.4 Å². The molecule has 0 aliphatic carbocycles. The maximum atomic E-state index is 17.1. The number of fused-ring (bicyclic) bond motifs is 8. The standard InChI is InChI=1S/C32H35ClF2N8O4/c1-31-15-42(8-9-45-16-31)28-21-12-37-27(24-19(4-2-6-36-30(44)47-31)22(33)10-23-20(24)13-38-41-23)25(35)26(21)39-29(40-28)46-17-32-5-3-7-43(32)14-18(34)11-32/h10,12-13,18H,2-9,11,14-17H2,1H3,(H,36,44)(H,38,41)/t18-,31+,32+/m1/s1. The van der Waals surface area contributed by atoms with Gasteiger partial charge in [0.15, 0.2) is 11.4 Å². The van der Waals surface area contributed by atoms with Crippen LogP contribution < -0.4 is 15.0 Å². The first-order valence-corrected chi connectivity index (χ1v) is 16.4. The summed E-state index contributed by atoms with van der Waals surface area (Å²) in [7, 11) is 0. The number of anilines is 1. The highest BCUT2D eigenvalue weighted by molar-refractivity contribution is 6.33. The predicted octanol–water partition coefficient (Wildman–Crippen LogP) is 4.58. The Bertz CT molecular complexity index is 1880. The lowest BCUT2D eigenvalue weighted by Crippen LogP contribution is -2.48. The Kier molecular flexibility index (Phi) is 7.56. The number of alkyl halides is 1. The number of hydrogen-bond donors (Lipinski definition) is 2. The Labute approximate surface area is 274 Å². The van der Waals surface area contributed by atoms with E-state index in [2.05, 4.69) is 30.4 Å². The summed E-state index contributed by atoms with van der Waals surface area (Å²) < 4.78 is 49.7. The van der Waals surface area contributed by atoms with Crippen molar-refractivity contribution in [1.29, 1.82) is 0 Å². The SMILES string of the molecule is C[C@@]12COCCN(C1)c1nc(OC[C@@]34CCCN3C[C@H](F)C4)nc3c(F)c(ncc13)-c1c(c(Cl)cc3[nH]ncc13)CCCNC(=O)O2. The van der Waals surface area contributed by atoms with E-state index in [9.17, 15) is 9.18 Å². The van der Waals surface area contributed by atoms with Crippen molar-refractivity contribution in [1.82, 2.24) is 35.4 Å². The zero-order valence-electron chi connectivity index (χ0n) is 26.0. The molecule has 12 nitrogen and oxygen atoms in total. The summed E-state index contributed by atoms with van der Waals surface area (Å²) in [4.78, 5) is 31.1. The molecule has 6 bridgehead atoms. The minimum atomic E-state index is -1.05. The Morgan fingerprint density at radius 1 is 1.21 bits per heavy atom. The van der Waals surface area contributed by atoms with Crippen molar-refractivity contribution in [2.24, 2.45) is 0 Å². The molecule has 2 N–H and O–H groups in total. The summed E-state index contributed by atoms with van der Waals surface area (Å²) in [5, 5.41) is 11.4. The number of hydrogen-bond acceptors (Lipinski definition) is 10. The minimum absolute atomic E-state index is 0.0192. The van der Waals surface area contributed by atoms with E-state index >= 15 is 4.39 Å². The zero-order chi connectivity index (χ0) is 32.3. The van der Waals surface area contributed by atoms with Crippen LogP contribution in [0.15, 0.2) is 18.5 Å². The number of carbonyl (C=O) groups is 1. The van der Waals surface area contributed by atoms with Gasteiger partial charge in [-0.2, -0.15) is 15.1 Å². The number of aromatic nitrogens is 5. The number of benzene rings is 1. The van der Waals surface area contributed by atoms with Gasteiger partial charge in [0.2, 0.25) is 0 Å². The maximum absolute atomic E-state index is 17.1. The molecule has 0 radical (unpaired) electrons. The smallest absolute Gasteiger partial charge is 0.407 e. The first kappa shape index (κ1) is 30.5. The molecule has 3 saturated heterocycles. The van der Waals surface area contributed by atoms with Crippen molar-refractivity contribution in [2.75, 3.05) is 57.4 Å². The number of aromatic amines is 1. The van der Waals surface area contributed by atoms with E-state index in [4.69, 9.17) is 30.8 Å². The minimum Gasteiger partial charge on any atom is -0.461 e. The monoisotopic (exact) mass is 668 g/mol. The summed E-state index contributed by atoms with van der Waals surface area (Å²) in [5.74, 6) is -0.288. The molecular formula is C32H35ClF2N8O4. The molecule has 3 aromatic heterocycles. The van der Waals surface area contributed by atoms with Gasteiger partial charge in [0.25, 0.3) is 0 Å². The lowest BCUT2D eigenvalue weighted by molar-refractivity contribution is -0.0264. The van der Waals surface area contributed by atoms with Crippen LogP contribution in [0.25, 0.3) is 33.1 Å². The summed E-state index contributed by atoms with van der Waals surface area (Å²) in [6.45, 7) is 4.52. The first-order chi connectivity index (χ1) is 22.7. The average Bonchev–Trinajstić information content (AvgIpc) is 3.69. The molecular weight excluding hydrogens is 634 g/mol. The Hall–Kier alpha value is -3.88. The van der Waals surface area contributed by atoms with Gasteiger partial charge in [0.1, 0.15) is 29.8 Å². The van der Waals surface area contributed by atoms with Crippen LogP contribution in [0.3, 0.4) is 0 Å². The normalized spacial score (nSPS) is 26.8. The highest BCUT2D eigenvalue weighted by Crippen LogP contribution is 2.42. The maximum Gasteiger partial charge on any atom is 0.407 e. The molecule has 0 saturated carbocycles. The van der Waals surface area contributed by atoms with Gasteiger partial charge >= 0.3 is 12.1 Å². The second-order valence-corrected chi connectivity index (χ2v) is 13.7. The number of carbonyl (C=O) groups excluding carboxylic acids is 1. The van der Waals surface area contributed by atoms with E-state index in [1.807, 2.05) is 4.90 Å². The van der Waals surface area contributed by atoms with Crippen LogP contribution in [0.5, 0.6) is 6.01 Å². The van der Waals surface area contributed by atoms with E-state index in [1.54, 1.807) is 25.4 Å². The molecule has 1 amide bonds. The summed E-state index contributed by atoms with van der Waals surface area (Å²) >= 11 is 6.79. The summed E-state index contributed by atoms with van der Waals surface area (Å²) in [6, 6.07) is 1.72. The van der Waals surface area contributed by atoms with Crippen LogP contribution in [-0.4, -0.2) is 106 Å². The van der Waals surface area contributed by atoms with Crippen molar-refractivity contribution < 1.29 is 27.8 Å². The molecule has 47 heavy (non-hydrogen) atoms. The van der Waals surface area contributed by atoms with Crippen LogP contribution in [0, 0.1) is 5.82 Å². The fraction of sp³-hybridized carbons (Fsp3) is 0.531. The number of nitrogens with one attached hydrogen (secondary N) is 2. The van der Waals surface area contributed by atoms with Gasteiger partial charge in [0, 0.05) is 48.2 Å². The van der Waals surface area contributed by atoms with Crippen LogP contribution in [0.4, 0.5) is 19.4 Å².